The zero-order valence-corrected chi connectivity index (χ0v) is 26.5. The Morgan fingerprint density at radius 1 is 1.08 bits per heavy atom. The first-order valence-electron chi connectivity index (χ1n) is 13.7. The van der Waals surface area contributed by atoms with Gasteiger partial charge in [0.15, 0.2) is 24.0 Å². The van der Waals surface area contributed by atoms with Crippen LogP contribution in [0, 0.1) is 5.92 Å². The van der Waals surface area contributed by atoms with Crippen LogP contribution in [0.4, 0.5) is 5.82 Å². The van der Waals surface area contributed by atoms with Crippen molar-refractivity contribution in [2.45, 2.75) is 115 Å². The molecule has 0 bridgehead atoms. The molecule has 1 aliphatic heterocycles. The predicted octanol–water partition coefficient (Wildman–Crippen LogP) is 6.09. The van der Waals surface area contributed by atoms with Gasteiger partial charge in [-0.05, 0) is 55.7 Å². The van der Waals surface area contributed by atoms with Gasteiger partial charge in [-0.2, -0.15) is 0 Å². The van der Waals surface area contributed by atoms with E-state index >= 15 is 0 Å². The number of carbonyl (C=O) groups is 1. The first-order chi connectivity index (χ1) is 17.0. The van der Waals surface area contributed by atoms with E-state index < -0.39 is 34.2 Å². The molecule has 0 atom stereocenters. The molecule has 0 saturated carbocycles. The van der Waals surface area contributed by atoms with Crippen molar-refractivity contribution in [3.63, 3.8) is 0 Å². The van der Waals surface area contributed by atoms with E-state index in [2.05, 4.69) is 52.0 Å². The zero-order chi connectivity index (χ0) is 28.2. The Morgan fingerprint density at radius 2 is 1.62 bits per heavy atom. The normalized spacial score (nSPS) is 16.7. The van der Waals surface area contributed by atoms with Crippen molar-refractivity contribution in [2.24, 2.45) is 5.92 Å². The van der Waals surface area contributed by atoms with E-state index in [0.717, 1.165) is 12.8 Å². The monoisotopic (exact) mass is 558 g/mol. The van der Waals surface area contributed by atoms with Gasteiger partial charge in [0.1, 0.15) is 10.5 Å². The molecule has 2 rings (SSSR count). The highest BCUT2D eigenvalue weighted by Crippen LogP contribution is 2.43. The summed E-state index contributed by atoms with van der Waals surface area (Å²) in [5.41, 5.74) is 0.911. The Kier molecular flexibility index (Phi) is 10.6. The Hall–Kier alpha value is -1.23. The van der Waals surface area contributed by atoms with E-state index in [1.54, 1.807) is 6.07 Å². The maximum Gasteiger partial charge on any atom is 0.246 e. The van der Waals surface area contributed by atoms with Gasteiger partial charge in [0.2, 0.25) is 5.91 Å². The molecular formula is C27H50N2O6SSi. The van der Waals surface area contributed by atoms with Gasteiger partial charge in [0.05, 0.1) is 5.75 Å². The fraction of sp³-hybridized carbons (Fsp3) is 0.852. The molecule has 0 spiro atoms. The molecule has 1 aliphatic rings. The van der Waals surface area contributed by atoms with E-state index in [9.17, 15) is 13.2 Å². The van der Waals surface area contributed by atoms with Gasteiger partial charge in [0, 0.05) is 31.3 Å². The first-order valence-corrected chi connectivity index (χ1v) is 17.5. The number of hydrogen-bond donors (Lipinski definition) is 1. The number of rotatable bonds is 13. The standard InChI is InChI=1S/C27H50N2O6SSi/c1-19(2)37(20(3)4,21(5)6)34-18-26(7,8)23-17-24(29-35-23)28-25(30)27(9,10)36(31,32)16-13-22-11-14-33-15-12-22/h17,19-22H,11-16,18H2,1-10H3,(H,28,29,30). The molecule has 1 aromatic heterocycles. The largest absolute Gasteiger partial charge is 0.415 e. The van der Waals surface area contributed by atoms with Crippen molar-refractivity contribution in [2.75, 3.05) is 30.9 Å². The second-order valence-electron chi connectivity index (χ2n) is 12.7. The number of aromatic nitrogens is 1. The smallest absolute Gasteiger partial charge is 0.246 e. The quantitative estimate of drug-likeness (QED) is 0.292. The molecular weight excluding hydrogens is 508 g/mol. The maximum absolute atomic E-state index is 13.1. The van der Waals surface area contributed by atoms with Crippen LogP contribution in [-0.2, 0) is 29.2 Å². The van der Waals surface area contributed by atoms with Crippen LogP contribution in [0.2, 0.25) is 16.6 Å². The van der Waals surface area contributed by atoms with Gasteiger partial charge in [-0.3, -0.25) is 4.79 Å². The SMILES string of the molecule is CC(C)[Si](OCC(C)(C)c1cc(NC(=O)C(C)(C)S(=O)(=O)CCC2CCOCC2)no1)(C(C)C)C(C)C. The predicted molar refractivity (Wildman–Crippen MR) is 151 cm³/mol. The number of sulfone groups is 1. The third-order valence-electron chi connectivity index (χ3n) is 8.27. The second kappa shape index (κ2) is 12.3. The van der Waals surface area contributed by atoms with Crippen LogP contribution in [0.1, 0.15) is 94.3 Å². The summed E-state index contributed by atoms with van der Waals surface area (Å²) < 4.78 is 42.3. The average molecular weight is 559 g/mol. The maximum atomic E-state index is 13.1. The highest BCUT2D eigenvalue weighted by atomic mass is 32.2. The fourth-order valence-electron chi connectivity index (χ4n) is 5.55. The minimum atomic E-state index is -3.68. The lowest BCUT2D eigenvalue weighted by Crippen LogP contribution is -2.49. The summed E-state index contributed by atoms with van der Waals surface area (Å²) in [6, 6.07) is 1.68. The molecule has 8 nitrogen and oxygen atoms in total. The summed E-state index contributed by atoms with van der Waals surface area (Å²) in [5, 5.41) is 6.70. The Labute approximate surface area is 225 Å². The minimum absolute atomic E-state index is 0.0281. The highest BCUT2D eigenvalue weighted by molar-refractivity contribution is 7.93. The summed E-state index contributed by atoms with van der Waals surface area (Å²) in [6.45, 7) is 22.3. The van der Waals surface area contributed by atoms with Gasteiger partial charge in [0.25, 0.3) is 0 Å². The molecule has 37 heavy (non-hydrogen) atoms. The summed E-state index contributed by atoms with van der Waals surface area (Å²) >= 11 is 0. The molecule has 1 fully saturated rings. The van der Waals surface area contributed by atoms with E-state index in [0.29, 0.717) is 54.5 Å². The molecule has 1 saturated heterocycles. The number of carbonyl (C=O) groups excluding carboxylic acids is 1. The van der Waals surface area contributed by atoms with Gasteiger partial charge >= 0.3 is 0 Å². The van der Waals surface area contributed by atoms with Crippen molar-refractivity contribution in [3.8, 4) is 0 Å². The third kappa shape index (κ3) is 7.25. The van der Waals surface area contributed by atoms with Crippen molar-refractivity contribution in [3.05, 3.63) is 11.8 Å². The summed E-state index contributed by atoms with van der Waals surface area (Å²) in [6.07, 6.45) is 2.26. The molecule has 0 radical (unpaired) electrons. The summed E-state index contributed by atoms with van der Waals surface area (Å²) in [5.74, 6) is 0.468. The van der Waals surface area contributed by atoms with Crippen LogP contribution in [-0.4, -0.2) is 58.1 Å². The lowest BCUT2D eigenvalue weighted by atomic mass is 9.92. The van der Waals surface area contributed by atoms with E-state index in [-0.39, 0.29) is 11.6 Å². The number of nitrogens with zero attached hydrogens (tertiary/aromatic N) is 1. The van der Waals surface area contributed by atoms with Crippen LogP contribution in [0.5, 0.6) is 0 Å². The fourth-order valence-corrected chi connectivity index (χ4v) is 12.6. The molecule has 0 aliphatic carbocycles. The van der Waals surface area contributed by atoms with Gasteiger partial charge < -0.3 is 19.0 Å². The van der Waals surface area contributed by atoms with Crippen LogP contribution in [0.3, 0.4) is 0 Å². The van der Waals surface area contributed by atoms with Gasteiger partial charge in [-0.1, -0.05) is 60.5 Å². The van der Waals surface area contributed by atoms with Crippen molar-refractivity contribution in [1.82, 2.24) is 5.16 Å². The number of ether oxygens (including phenoxy) is 1. The number of hydrogen-bond acceptors (Lipinski definition) is 7. The molecule has 214 valence electrons. The summed E-state index contributed by atoms with van der Waals surface area (Å²) in [7, 11) is -5.74. The van der Waals surface area contributed by atoms with Crippen LogP contribution < -0.4 is 5.32 Å². The molecule has 2 heterocycles. The van der Waals surface area contributed by atoms with Crippen LogP contribution >= 0.6 is 0 Å². The molecule has 10 heteroatoms. The van der Waals surface area contributed by atoms with E-state index in [1.165, 1.54) is 13.8 Å². The lowest BCUT2D eigenvalue weighted by Gasteiger charge is -2.43. The third-order valence-corrected chi connectivity index (χ3v) is 16.8. The molecule has 1 amide bonds. The molecule has 0 unspecified atom stereocenters. The zero-order valence-electron chi connectivity index (χ0n) is 24.6. The van der Waals surface area contributed by atoms with Crippen molar-refractivity contribution >= 4 is 29.9 Å². The molecule has 0 aromatic carbocycles. The van der Waals surface area contributed by atoms with Crippen LogP contribution in [0.25, 0.3) is 0 Å². The topological polar surface area (TPSA) is 108 Å². The highest BCUT2D eigenvalue weighted by Gasteiger charge is 2.46. The molecule has 1 N–H and O–H groups in total. The van der Waals surface area contributed by atoms with E-state index in [4.69, 9.17) is 13.7 Å². The van der Waals surface area contributed by atoms with Crippen LogP contribution in [0.15, 0.2) is 10.6 Å². The van der Waals surface area contributed by atoms with Gasteiger partial charge in [-0.15, -0.1) is 0 Å². The average Bonchev–Trinajstić information content (AvgIpc) is 3.27. The van der Waals surface area contributed by atoms with Crippen molar-refractivity contribution < 1.29 is 26.9 Å². The lowest BCUT2D eigenvalue weighted by molar-refractivity contribution is -0.117. The Bertz CT molecular complexity index is 973. The van der Waals surface area contributed by atoms with Crippen molar-refractivity contribution in [1.29, 1.82) is 0 Å². The van der Waals surface area contributed by atoms with E-state index in [1.807, 2.05) is 13.8 Å². The number of anilines is 1. The minimum Gasteiger partial charge on any atom is -0.415 e. The summed E-state index contributed by atoms with van der Waals surface area (Å²) in [4.78, 5) is 13.1. The Balaban J connectivity index is 2.08. The Morgan fingerprint density at radius 3 is 2.14 bits per heavy atom. The first kappa shape index (κ1) is 32.0. The molecule has 1 aromatic rings. The number of nitrogens with one attached hydrogen (secondary N) is 1. The number of amides is 1. The second-order valence-corrected chi connectivity index (χ2v) is 20.8. The van der Waals surface area contributed by atoms with Gasteiger partial charge in [-0.25, -0.2) is 8.42 Å².